The average molecular weight is 244 g/mol. The van der Waals surface area contributed by atoms with Crippen molar-refractivity contribution < 1.29 is 4.39 Å². The predicted molar refractivity (Wildman–Crippen MR) is 67.0 cm³/mol. The number of hydrogen-bond donors (Lipinski definition) is 1. The third-order valence-electron chi connectivity index (χ3n) is 2.81. The maximum absolute atomic E-state index is 13.0. The molecule has 0 amide bonds. The molecule has 1 aromatic carbocycles. The smallest absolute Gasteiger partial charge is 0.141 e. The average Bonchev–Trinajstić information content (AvgIpc) is 2.22. The molecule has 0 spiro atoms. The second kappa shape index (κ2) is 6.21. The van der Waals surface area contributed by atoms with E-state index in [1.165, 1.54) is 12.5 Å². The zero-order valence-electron chi connectivity index (χ0n) is 9.84. The zero-order valence-corrected chi connectivity index (χ0v) is 10.6. The molecule has 2 unspecified atom stereocenters. The topological polar surface area (TPSA) is 26.0 Å². The van der Waals surface area contributed by atoms with Gasteiger partial charge in [0.2, 0.25) is 0 Å². The molecule has 0 radical (unpaired) electrons. The SMILES string of the molecule is CCCC(C)CC(N)c1ccc(F)c(Cl)c1. The van der Waals surface area contributed by atoms with E-state index in [2.05, 4.69) is 13.8 Å². The summed E-state index contributed by atoms with van der Waals surface area (Å²) < 4.78 is 13.0. The molecule has 2 N–H and O–H groups in total. The number of rotatable bonds is 5. The van der Waals surface area contributed by atoms with Gasteiger partial charge in [0, 0.05) is 6.04 Å². The highest BCUT2D eigenvalue weighted by molar-refractivity contribution is 6.30. The van der Waals surface area contributed by atoms with Crippen LogP contribution < -0.4 is 5.73 Å². The molecule has 0 aliphatic heterocycles. The molecule has 1 aromatic rings. The van der Waals surface area contributed by atoms with E-state index < -0.39 is 0 Å². The van der Waals surface area contributed by atoms with Crippen molar-refractivity contribution >= 4 is 11.6 Å². The Hall–Kier alpha value is -0.600. The van der Waals surface area contributed by atoms with E-state index in [9.17, 15) is 4.39 Å². The predicted octanol–water partition coefficient (Wildman–Crippen LogP) is 4.31. The lowest BCUT2D eigenvalue weighted by Gasteiger charge is -2.17. The fourth-order valence-electron chi connectivity index (χ4n) is 1.92. The van der Waals surface area contributed by atoms with Crippen LogP contribution in [-0.2, 0) is 0 Å². The Labute approximate surface area is 102 Å². The molecule has 3 heteroatoms. The minimum atomic E-state index is -0.390. The van der Waals surface area contributed by atoms with Gasteiger partial charge < -0.3 is 5.73 Å². The van der Waals surface area contributed by atoms with Gasteiger partial charge in [-0.25, -0.2) is 4.39 Å². The molecule has 0 saturated heterocycles. The Kier molecular flexibility index (Phi) is 5.23. The van der Waals surface area contributed by atoms with Crippen LogP contribution in [0.15, 0.2) is 18.2 Å². The van der Waals surface area contributed by atoms with Crippen molar-refractivity contribution in [3.05, 3.63) is 34.6 Å². The molecular formula is C13H19ClFN. The van der Waals surface area contributed by atoms with Crippen LogP contribution in [0, 0.1) is 11.7 Å². The lowest BCUT2D eigenvalue weighted by molar-refractivity contribution is 0.440. The van der Waals surface area contributed by atoms with Crippen LogP contribution in [0.2, 0.25) is 5.02 Å². The van der Waals surface area contributed by atoms with Gasteiger partial charge in [-0.05, 0) is 30.0 Å². The van der Waals surface area contributed by atoms with E-state index in [0.29, 0.717) is 5.92 Å². The van der Waals surface area contributed by atoms with Gasteiger partial charge in [0.05, 0.1) is 5.02 Å². The highest BCUT2D eigenvalue weighted by Crippen LogP contribution is 2.25. The normalized spacial score (nSPS) is 14.8. The standard InChI is InChI=1S/C13H19ClFN/c1-3-4-9(2)7-13(16)10-5-6-12(15)11(14)8-10/h5-6,8-9,13H,3-4,7,16H2,1-2H3. The summed E-state index contributed by atoms with van der Waals surface area (Å²) in [5.41, 5.74) is 6.98. The molecule has 0 saturated carbocycles. The van der Waals surface area contributed by atoms with E-state index in [-0.39, 0.29) is 16.9 Å². The van der Waals surface area contributed by atoms with Crippen molar-refractivity contribution in [1.29, 1.82) is 0 Å². The summed E-state index contributed by atoms with van der Waals surface area (Å²) in [5.74, 6) is 0.197. The minimum absolute atomic E-state index is 0.0559. The first-order valence-corrected chi connectivity index (χ1v) is 6.13. The lowest BCUT2D eigenvalue weighted by Crippen LogP contribution is -2.14. The van der Waals surface area contributed by atoms with Crippen molar-refractivity contribution in [2.24, 2.45) is 11.7 Å². The fraction of sp³-hybridized carbons (Fsp3) is 0.538. The van der Waals surface area contributed by atoms with Gasteiger partial charge in [0.1, 0.15) is 5.82 Å². The molecule has 1 rings (SSSR count). The lowest BCUT2D eigenvalue weighted by atomic mass is 9.93. The molecule has 0 aliphatic rings. The molecule has 0 aliphatic carbocycles. The fourth-order valence-corrected chi connectivity index (χ4v) is 2.11. The number of hydrogen-bond acceptors (Lipinski definition) is 1. The first-order chi connectivity index (χ1) is 7.54. The largest absolute Gasteiger partial charge is 0.324 e. The van der Waals surface area contributed by atoms with Crippen LogP contribution >= 0.6 is 11.6 Å². The van der Waals surface area contributed by atoms with Gasteiger partial charge in [-0.3, -0.25) is 0 Å². The molecule has 0 fully saturated rings. The Morgan fingerprint density at radius 3 is 2.69 bits per heavy atom. The molecule has 0 aromatic heterocycles. The second-order valence-corrected chi connectivity index (χ2v) is 4.82. The van der Waals surface area contributed by atoms with Gasteiger partial charge in [-0.15, -0.1) is 0 Å². The first kappa shape index (κ1) is 13.5. The summed E-state index contributed by atoms with van der Waals surface area (Å²) in [4.78, 5) is 0. The molecule has 90 valence electrons. The molecule has 0 heterocycles. The third-order valence-corrected chi connectivity index (χ3v) is 3.10. The molecular weight excluding hydrogens is 225 g/mol. The zero-order chi connectivity index (χ0) is 12.1. The maximum Gasteiger partial charge on any atom is 0.141 e. The van der Waals surface area contributed by atoms with Gasteiger partial charge >= 0.3 is 0 Å². The summed E-state index contributed by atoms with van der Waals surface area (Å²) in [6.45, 7) is 4.35. The number of benzene rings is 1. The van der Waals surface area contributed by atoms with Crippen LogP contribution in [0.4, 0.5) is 4.39 Å². The summed E-state index contributed by atoms with van der Waals surface area (Å²) in [6.07, 6.45) is 3.25. The van der Waals surface area contributed by atoms with Crippen molar-refractivity contribution in [2.45, 2.75) is 39.2 Å². The van der Waals surface area contributed by atoms with Crippen LogP contribution in [0.5, 0.6) is 0 Å². The van der Waals surface area contributed by atoms with Crippen LogP contribution in [0.25, 0.3) is 0 Å². The Balaban J connectivity index is 2.65. The second-order valence-electron chi connectivity index (χ2n) is 4.41. The third kappa shape index (κ3) is 3.76. The van der Waals surface area contributed by atoms with Gasteiger partial charge in [-0.1, -0.05) is 44.4 Å². The quantitative estimate of drug-likeness (QED) is 0.820. The van der Waals surface area contributed by atoms with Crippen molar-refractivity contribution in [1.82, 2.24) is 0 Å². The summed E-state index contributed by atoms with van der Waals surface area (Å²) >= 11 is 5.73. The van der Waals surface area contributed by atoms with Crippen molar-refractivity contribution in [3.8, 4) is 0 Å². The number of nitrogens with two attached hydrogens (primary N) is 1. The summed E-state index contributed by atoms with van der Waals surface area (Å²) in [6, 6.07) is 4.66. The van der Waals surface area contributed by atoms with Gasteiger partial charge in [-0.2, -0.15) is 0 Å². The molecule has 16 heavy (non-hydrogen) atoms. The Bertz CT molecular complexity index is 341. The van der Waals surface area contributed by atoms with Crippen molar-refractivity contribution in [2.75, 3.05) is 0 Å². The van der Waals surface area contributed by atoms with E-state index in [1.807, 2.05) is 0 Å². The van der Waals surface area contributed by atoms with E-state index in [1.54, 1.807) is 12.1 Å². The van der Waals surface area contributed by atoms with E-state index in [4.69, 9.17) is 17.3 Å². The minimum Gasteiger partial charge on any atom is -0.324 e. The molecule has 1 nitrogen and oxygen atoms in total. The summed E-state index contributed by atoms with van der Waals surface area (Å²) in [5, 5.41) is 0.149. The van der Waals surface area contributed by atoms with Crippen molar-refractivity contribution in [3.63, 3.8) is 0 Å². The van der Waals surface area contributed by atoms with E-state index >= 15 is 0 Å². The maximum atomic E-state index is 13.0. The van der Waals surface area contributed by atoms with Crippen LogP contribution in [0.3, 0.4) is 0 Å². The van der Waals surface area contributed by atoms with Gasteiger partial charge in [0.15, 0.2) is 0 Å². The molecule has 2 atom stereocenters. The van der Waals surface area contributed by atoms with Crippen LogP contribution in [0.1, 0.15) is 44.7 Å². The Morgan fingerprint density at radius 1 is 1.44 bits per heavy atom. The first-order valence-electron chi connectivity index (χ1n) is 5.75. The highest BCUT2D eigenvalue weighted by atomic mass is 35.5. The summed E-state index contributed by atoms with van der Waals surface area (Å²) in [7, 11) is 0. The van der Waals surface area contributed by atoms with E-state index in [0.717, 1.165) is 18.4 Å². The molecule has 0 bridgehead atoms. The van der Waals surface area contributed by atoms with Gasteiger partial charge in [0.25, 0.3) is 0 Å². The number of halogens is 2. The monoisotopic (exact) mass is 243 g/mol. The Morgan fingerprint density at radius 2 is 2.12 bits per heavy atom. The van der Waals surface area contributed by atoms with Crippen LogP contribution in [-0.4, -0.2) is 0 Å². The highest BCUT2D eigenvalue weighted by Gasteiger charge is 2.12.